The molecule has 0 fully saturated rings. The number of nitrogens with one attached hydrogen (secondary N) is 1. The van der Waals surface area contributed by atoms with E-state index in [1.165, 1.54) is 17.7 Å². The summed E-state index contributed by atoms with van der Waals surface area (Å²) in [7, 11) is 0. The maximum absolute atomic E-state index is 12.8. The summed E-state index contributed by atoms with van der Waals surface area (Å²) in [5, 5.41) is 2.91. The molecule has 2 rings (SSSR count). The van der Waals surface area contributed by atoms with Crippen molar-refractivity contribution in [1.29, 1.82) is 0 Å². The number of benzene rings is 2. The van der Waals surface area contributed by atoms with Crippen LogP contribution in [0, 0.1) is 5.82 Å². The van der Waals surface area contributed by atoms with Gasteiger partial charge in [-0.3, -0.25) is 4.79 Å². The number of amides is 1. The number of halogens is 1. The highest BCUT2D eigenvalue weighted by Crippen LogP contribution is 2.17. The second-order valence-electron chi connectivity index (χ2n) is 5.24. The Kier molecular flexibility index (Phi) is 5.50. The molecule has 1 amide bonds. The lowest BCUT2D eigenvalue weighted by molar-refractivity contribution is -0.121. The van der Waals surface area contributed by atoms with E-state index in [0.717, 1.165) is 5.56 Å². The molecule has 0 saturated carbocycles. The Bertz CT molecular complexity index is 566. The fourth-order valence-electron chi connectivity index (χ4n) is 2.25. The van der Waals surface area contributed by atoms with Crippen molar-refractivity contribution >= 4 is 5.91 Å². The predicted octanol–water partition coefficient (Wildman–Crippen LogP) is 3.68. The molecule has 0 saturated heterocycles. The molecule has 21 heavy (non-hydrogen) atoms. The van der Waals surface area contributed by atoms with Crippen LogP contribution in [0.4, 0.5) is 4.39 Å². The van der Waals surface area contributed by atoms with E-state index in [1.54, 1.807) is 12.1 Å². The van der Waals surface area contributed by atoms with Gasteiger partial charge in [-0.2, -0.15) is 0 Å². The second-order valence-corrected chi connectivity index (χ2v) is 5.24. The van der Waals surface area contributed by atoms with Crippen molar-refractivity contribution in [2.75, 3.05) is 6.54 Å². The van der Waals surface area contributed by atoms with Gasteiger partial charge in [-0.1, -0.05) is 49.4 Å². The van der Waals surface area contributed by atoms with Crippen LogP contribution in [0.5, 0.6) is 0 Å². The summed E-state index contributed by atoms with van der Waals surface area (Å²) in [6, 6.07) is 16.4. The molecule has 0 aliphatic rings. The maximum atomic E-state index is 12.8. The minimum Gasteiger partial charge on any atom is -0.356 e. The third-order valence-electron chi connectivity index (χ3n) is 3.51. The molecule has 0 heterocycles. The molecule has 2 aromatic carbocycles. The highest BCUT2D eigenvalue weighted by Gasteiger charge is 2.10. The first kappa shape index (κ1) is 15.2. The molecule has 0 radical (unpaired) electrons. The van der Waals surface area contributed by atoms with E-state index in [-0.39, 0.29) is 17.6 Å². The van der Waals surface area contributed by atoms with Crippen molar-refractivity contribution in [3.8, 4) is 0 Å². The van der Waals surface area contributed by atoms with E-state index >= 15 is 0 Å². The quantitative estimate of drug-likeness (QED) is 0.862. The van der Waals surface area contributed by atoms with Crippen molar-refractivity contribution in [2.45, 2.75) is 25.7 Å². The molecule has 0 bridgehead atoms. The second kappa shape index (κ2) is 7.58. The van der Waals surface area contributed by atoms with Crippen molar-refractivity contribution in [1.82, 2.24) is 5.32 Å². The molecule has 0 spiro atoms. The molecule has 0 aliphatic carbocycles. The van der Waals surface area contributed by atoms with E-state index in [2.05, 4.69) is 12.2 Å². The number of carbonyl (C=O) groups excluding carboxylic acids is 1. The summed E-state index contributed by atoms with van der Waals surface area (Å²) in [4.78, 5) is 11.9. The fourth-order valence-corrected chi connectivity index (χ4v) is 2.25. The van der Waals surface area contributed by atoms with Gasteiger partial charge in [0.1, 0.15) is 5.82 Å². The largest absolute Gasteiger partial charge is 0.356 e. The average molecular weight is 285 g/mol. The summed E-state index contributed by atoms with van der Waals surface area (Å²) >= 11 is 0. The monoisotopic (exact) mass is 285 g/mol. The van der Waals surface area contributed by atoms with Gasteiger partial charge in [0.2, 0.25) is 5.91 Å². The van der Waals surface area contributed by atoms with E-state index in [0.29, 0.717) is 19.4 Å². The van der Waals surface area contributed by atoms with Gasteiger partial charge < -0.3 is 5.32 Å². The Labute approximate surface area is 125 Å². The van der Waals surface area contributed by atoms with Gasteiger partial charge >= 0.3 is 0 Å². The van der Waals surface area contributed by atoms with Crippen LogP contribution in [-0.2, 0) is 11.2 Å². The molecule has 0 aromatic heterocycles. The van der Waals surface area contributed by atoms with Gasteiger partial charge in [0, 0.05) is 13.0 Å². The smallest absolute Gasteiger partial charge is 0.220 e. The first-order chi connectivity index (χ1) is 10.1. The minimum atomic E-state index is -0.237. The van der Waals surface area contributed by atoms with Crippen LogP contribution in [0.1, 0.15) is 30.4 Å². The molecule has 1 N–H and O–H groups in total. The Hall–Kier alpha value is -2.16. The zero-order chi connectivity index (χ0) is 15.1. The Balaban J connectivity index is 1.73. The summed E-state index contributed by atoms with van der Waals surface area (Å²) in [5.74, 6) is 0.0185. The van der Waals surface area contributed by atoms with Gasteiger partial charge in [0.15, 0.2) is 0 Å². The molecule has 110 valence electrons. The lowest BCUT2D eigenvalue weighted by atomic mass is 9.97. The van der Waals surface area contributed by atoms with Crippen LogP contribution in [0.3, 0.4) is 0 Å². The van der Waals surface area contributed by atoms with Crippen molar-refractivity contribution in [3.63, 3.8) is 0 Å². The van der Waals surface area contributed by atoms with Crippen LogP contribution >= 0.6 is 0 Å². The molecule has 2 aromatic rings. The Morgan fingerprint density at radius 3 is 2.43 bits per heavy atom. The van der Waals surface area contributed by atoms with Gasteiger partial charge in [-0.15, -0.1) is 0 Å². The normalized spacial score (nSPS) is 11.9. The van der Waals surface area contributed by atoms with Crippen molar-refractivity contribution in [2.24, 2.45) is 0 Å². The third-order valence-corrected chi connectivity index (χ3v) is 3.51. The Morgan fingerprint density at radius 1 is 1.10 bits per heavy atom. The SMILES string of the molecule is CC(CC(=O)NCCc1ccc(F)cc1)c1ccccc1. The topological polar surface area (TPSA) is 29.1 Å². The van der Waals surface area contributed by atoms with Gasteiger partial charge in [-0.25, -0.2) is 4.39 Å². The number of hydrogen-bond acceptors (Lipinski definition) is 1. The first-order valence-electron chi connectivity index (χ1n) is 7.21. The zero-order valence-corrected chi connectivity index (χ0v) is 12.2. The summed E-state index contributed by atoms with van der Waals surface area (Å²) in [6.07, 6.45) is 1.19. The summed E-state index contributed by atoms with van der Waals surface area (Å²) in [5.41, 5.74) is 2.19. The average Bonchev–Trinajstić information content (AvgIpc) is 2.50. The molecular formula is C18H20FNO. The lowest BCUT2D eigenvalue weighted by Crippen LogP contribution is -2.26. The minimum absolute atomic E-state index is 0.0495. The van der Waals surface area contributed by atoms with E-state index in [4.69, 9.17) is 0 Å². The van der Waals surface area contributed by atoms with Crippen LogP contribution in [0.2, 0.25) is 0 Å². The fraction of sp³-hybridized carbons (Fsp3) is 0.278. The van der Waals surface area contributed by atoms with Gasteiger partial charge in [0.25, 0.3) is 0 Å². The highest BCUT2D eigenvalue weighted by atomic mass is 19.1. The van der Waals surface area contributed by atoms with Crippen LogP contribution in [-0.4, -0.2) is 12.5 Å². The van der Waals surface area contributed by atoms with Crippen LogP contribution in [0.15, 0.2) is 54.6 Å². The van der Waals surface area contributed by atoms with E-state index in [9.17, 15) is 9.18 Å². The zero-order valence-electron chi connectivity index (χ0n) is 12.2. The summed E-state index contributed by atoms with van der Waals surface area (Å²) < 4.78 is 12.8. The number of hydrogen-bond donors (Lipinski definition) is 1. The maximum Gasteiger partial charge on any atom is 0.220 e. The lowest BCUT2D eigenvalue weighted by Gasteiger charge is -2.12. The standard InChI is InChI=1S/C18H20FNO/c1-14(16-5-3-2-4-6-16)13-18(21)20-12-11-15-7-9-17(19)10-8-15/h2-10,14H,11-13H2,1H3,(H,20,21). The molecule has 1 atom stereocenters. The van der Waals surface area contributed by atoms with Gasteiger partial charge in [-0.05, 0) is 35.6 Å². The molecule has 0 aliphatic heterocycles. The van der Waals surface area contributed by atoms with Crippen LogP contribution in [0.25, 0.3) is 0 Å². The van der Waals surface area contributed by atoms with Crippen molar-refractivity contribution in [3.05, 3.63) is 71.5 Å². The molecule has 1 unspecified atom stereocenters. The van der Waals surface area contributed by atoms with Crippen LogP contribution < -0.4 is 5.32 Å². The molecule has 3 heteroatoms. The molecular weight excluding hydrogens is 265 g/mol. The van der Waals surface area contributed by atoms with Crippen molar-refractivity contribution < 1.29 is 9.18 Å². The number of rotatable bonds is 6. The third kappa shape index (κ3) is 5.03. The van der Waals surface area contributed by atoms with E-state index in [1.807, 2.05) is 30.3 Å². The molecule has 2 nitrogen and oxygen atoms in total. The van der Waals surface area contributed by atoms with E-state index < -0.39 is 0 Å². The van der Waals surface area contributed by atoms with Gasteiger partial charge in [0.05, 0.1) is 0 Å². The Morgan fingerprint density at radius 2 is 1.76 bits per heavy atom. The predicted molar refractivity (Wildman–Crippen MR) is 82.6 cm³/mol. The number of carbonyl (C=O) groups is 1. The summed E-state index contributed by atoms with van der Waals surface area (Å²) in [6.45, 7) is 2.63. The first-order valence-corrected chi connectivity index (χ1v) is 7.21. The highest BCUT2D eigenvalue weighted by molar-refractivity contribution is 5.76.